The number of aromatic nitrogens is 2. The van der Waals surface area contributed by atoms with Crippen molar-refractivity contribution in [2.24, 2.45) is 79.1 Å². The first-order chi connectivity index (χ1) is 28.7. The van der Waals surface area contributed by atoms with E-state index in [1.54, 1.807) is 12.1 Å². The van der Waals surface area contributed by atoms with E-state index in [9.17, 15) is 19.6 Å². The Morgan fingerprint density at radius 1 is 0.852 bits per heavy atom. The van der Waals surface area contributed by atoms with E-state index in [1.807, 2.05) is 32.2 Å². The van der Waals surface area contributed by atoms with Gasteiger partial charge in [-0.15, -0.1) is 4.91 Å². The van der Waals surface area contributed by atoms with Gasteiger partial charge < -0.3 is 19.7 Å². The number of imidazole rings is 1. The van der Waals surface area contributed by atoms with Crippen molar-refractivity contribution in [3.05, 3.63) is 53.3 Å². The molecule has 0 spiro atoms. The lowest BCUT2D eigenvalue weighted by Gasteiger charge is -2.73. The Bertz CT molecular complexity index is 2120. The van der Waals surface area contributed by atoms with Gasteiger partial charge in [-0.05, 0) is 165 Å². The number of benzene rings is 1. The molecule has 9 rings (SSSR count). The fourth-order valence-corrected chi connectivity index (χ4v) is 16.6. The number of nitrogens with zero attached hydrogens (tertiary/aromatic N) is 3. The topological polar surface area (TPSA) is 142 Å². The van der Waals surface area contributed by atoms with Crippen LogP contribution in [-0.2, 0) is 19.1 Å². The van der Waals surface area contributed by atoms with Crippen LogP contribution in [0.4, 0.5) is 5.69 Å². The van der Waals surface area contributed by atoms with Crippen molar-refractivity contribution in [3.8, 4) is 11.3 Å². The number of nitroso groups, excluding NO2 is 1. The summed E-state index contributed by atoms with van der Waals surface area (Å²) >= 11 is 0. The third-order valence-electron chi connectivity index (χ3n) is 20.2. The molecule has 10 heteroatoms. The van der Waals surface area contributed by atoms with Crippen LogP contribution in [0.25, 0.3) is 11.3 Å². The number of hydrogen-bond acceptors (Lipinski definition) is 7. The molecule has 0 bridgehead atoms. The zero-order valence-electron chi connectivity index (χ0n) is 38.0. The third kappa shape index (κ3) is 5.97. The lowest BCUT2D eigenvalue weighted by Crippen LogP contribution is -2.67. The third-order valence-corrected chi connectivity index (χ3v) is 20.2. The van der Waals surface area contributed by atoms with E-state index in [-0.39, 0.29) is 51.6 Å². The molecule has 6 saturated carbocycles. The molecule has 13 atom stereocenters. The van der Waals surface area contributed by atoms with Gasteiger partial charge in [0.15, 0.2) is 0 Å². The number of carbonyl (C=O) groups excluding carboxylic acids is 2. The standard InChI is InChI=1S/C51H70N4O6/c1-29(2)32-18-23-51(45(59)55-26-10-11-37(55)42-52-28-36(53-42)30-12-14-31(54-60)15-13-30)25-24-49(8)33(41(32)51)16-17-39-48(7)21-20-40(47(5,6)38(48)19-22-50(39,49)9)61-44(58)35-27-34(43(56)57)46(35,3)4/h12-15,28,32-35,37-41H,1,10-11,16-27H2,2-9H3,(H,52,53)(H,56,57). The summed E-state index contributed by atoms with van der Waals surface area (Å²) in [5.74, 6) is 1.23. The highest BCUT2D eigenvalue weighted by atomic mass is 16.5. The van der Waals surface area contributed by atoms with Crippen molar-refractivity contribution < 1.29 is 24.2 Å². The molecule has 1 saturated heterocycles. The first kappa shape index (κ1) is 42.5. The van der Waals surface area contributed by atoms with Crippen LogP contribution in [0.1, 0.15) is 151 Å². The molecule has 1 amide bonds. The van der Waals surface area contributed by atoms with E-state index >= 15 is 4.79 Å². The summed E-state index contributed by atoms with van der Waals surface area (Å²) < 4.78 is 6.46. The maximum Gasteiger partial charge on any atom is 0.309 e. The number of aromatic amines is 1. The molecule has 61 heavy (non-hydrogen) atoms. The first-order valence-corrected chi connectivity index (χ1v) is 23.6. The van der Waals surface area contributed by atoms with Crippen molar-refractivity contribution in [1.82, 2.24) is 14.9 Å². The molecule has 2 heterocycles. The van der Waals surface area contributed by atoms with E-state index in [1.165, 1.54) is 5.57 Å². The van der Waals surface area contributed by atoms with E-state index in [2.05, 4.69) is 63.2 Å². The quantitative estimate of drug-likeness (QED) is 0.153. The lowest BCUT2D eigenvalue weighted by atomic mass is 9.32. The number of carbonyl (C=O) groups is 3. The average Bonchev–Trinajstić information content (AvgIpc) is 3.98. The highest BCUT2D eigenvalue weighted by molar-refractivity contribution is 5.85. The molecular weight excluding hydrogens is 765 g/mol. The minimum Gasteiger partial charge on any atom is -0.481 e. The van der Waals surface area contributed by atoms with E-state index < -0.39 is 22.7 Å². The monoisotopic (exact) mass is 835 g/mol. The van der Waals surface area contributed by atoms with Crippen LogP contribution in [-0.4, -0.2) is 50.5 Å². The van der Waals surface area contributed by atoms with Crippen molar-refractivity contribution in [2.75, 3.05) is 6.54 Å². The fraction of sp³-hybridized carbons (Fsp3) is 0.725. The van der Waals surface area contributed by atoms with Crippen LogP contribution in [0.2, 0.25) is 0 Å². The van der Waals surface area contributed by atoms with Crippen LogP contribution in [0.15, 0.2) is 47.8 Å². The Hall–Kier alpha value is -3.82. The number of H-pyrrole nitrogens is 1. The van der Waals surface area contributed by atoms with Gasteiger partial charge in [0, 0.05) is 12.0 Å². The van der Waals surface area contributed by atoms with Gasteiger partial charge >= 0.3 is 11.9 Å². The van der Waals surface area contributed by atoms with Gasteiger partial charge in [0.05, 0.1) is 35.2 Å². The number of allylic oxidation sites excluding steroid dienone is 1. The number of rotatable bonds is 8. The average molecular weight is 835 g/mol. The van der Waals surface area contributed by atoms with E-state index in [0.29, 0.717) is 41.7 Å². The van der Waals surface area contributed by atoms with Crippen LogP contribution in [0.3, 0.4) is 0 Å². The lowest BCUT2D eigenvalue weighted by molar-refractivity contribution is -0.251. The van der Waals surface area contributed by atoms with Crippen LogP contribution in [0, 0.1) is 78.8 Å². The number of ether oxygens (including phenoxy) is 1. The van der Waals surface area contributed by atoms with E-state index in [4.69, 9.17) is 9.72 Å². The second-order valence-electron chi connectivity index (χ2n) is 23.1. The number of amides is 1. The maximum atomic E-state index is 15.6. The Morgan fingerprint density at radius 3 is 2.26 bits per heavy atom. The smallest absolute Gasteiger partial charge is 0.309 e. The summed E-state index contributed by atoms with van der Waals surface area (Å²) in [5, 5.41) is 12.8. The molecule has 13 unspecified atom stereocenters. The van der Waals surface area contributed by atoms with Crippen molar-refractivity contribution >= 4 is 23.5 Å². The predicted molar refractivity (Wildman–Crippen MR) is 235 cm³/mol. The molecule has 2 aromatic rings. The molecule has 330 valence electrons. The van der Waals surface area contributed by atoms with E-state index in [0.717, 1.165) is 101 Å². The minimum absolute atomic E-state index is 0.0789. The zero-order chi connectivity index (χ0) is 43.7. The summed E-state index contributed by atoms with van der Waals surface area (Å²) in [6.45, 7) is 23.9. The number of likely N-dealkylation sites (tertiary alicyclic amines) is 1. The van der Waals surface area contributed by atoms with Crippen LogP contribution < -0.4 is 0 Å². The molecule has 7 aliphatic rings. The summed E-state index contributed by atoms with van der Waals surface area (Å²) in [6, 6.07) is 7.10. The molecule has 1 aromatic heterocycles. The Morgan fingerprint density at radius 2 is 1.59 bits per heavy atom. The van der Waals surface area contributed by atoms with Gasteiger partial charge in [0.2, 0.25) is 5.91 Å². The maximum absolute atomic E-state index is 15.6. The minimum atomic E-state index is -0.825. The molecule has 1 aromatic carbocycles. The molecule has 2 N–H and O–H groups in total. The molecule has 1 aliphatic heterocycles. The Kier molecular flexibility index (Phi) is 9.99. The second kappa shape index (κ2) is 14.4. The van der Waals surface area contributed by atoms with Crippen molar-refractivity contribution in [3.63, 3.8) is 0 Å². The molecule has 7 fully saturated rings. The van der Waals surface area contributed by atoms with Gasteiger partial charge in [-0.1, -0.05) is 72.8 Å². The summed E-state index contributed by atoms with van der Waals surface area (Å²) in [6.07, 6.45) is 14.2. The predicted octanol–water partition coefficient (Wildman–Crippen LogP) is 11.5. The summed E-state index contributed by atoms with van der Waals surface area (Å²) in [7, 11) is 0. The molecule has 6 aliphatic carbocycles. The van der Waals surface area contributed by atoms with Gasteiger partial charge in [-0.25, -0.2) is 4.98 Å². The second-order valence-corrected chi connectivity index (χ2v) is 23.1. The number of aliphatic carboxylic acids is 1. The van der Waals surface area contributed by atoms with Crippen LogP contribution >= 0.6 is 0 Å². The van der Waals surface area contributed by atoms with Gasteiger partial charge in [0.1, 0.15) is 17.6 Å². The van der Waals surface area contributed by atoms with Gasteiger partial charge in [-0.2, -0.15) is 0 Å². The summed E-state index contributed by atoms with van der Waals surface area (Å²) in [5.41, 5.74) is 2.51. The number of carboxylic acids is 1. The number of esters is 1. The molecular formula is C51H70N4O6. The fourth-order valence-electron chi connectivity index (χ4n) is 16.6. The summed E-state index contributed by atoms with van der Waals surface area (Å²) in [4.78, 5) is 62.7. The molecule has 10 nitrogen and oxygen atoms in total. The van der Waals surface area contributed by atoms with Crippen molar-refractivity contribution in [1.29, 1.82) is 0 Å². The Balaban J connectivity index is 0.962. The Labute approximate surface area is 362 Å². The van der Waals surface area contributed by atoms with Crippen molar-refractivity contribution in [2.45, 2.75) is 151 Å². The zero-order valence-corrected chi connectivity index (χ0v) is 38.0. The SMILES string of the molecule is C=C(C)C1CCC2(C(=O)N3CCCC3c3ncc(-c4ccc(N=O)cc4)[nH]3)CCC3(C)C(CCC4C5(C)CCC(OC(=O)C6CC(C(=O)O)C6(C)C)C(C)(C)C5CCC43C)C12. The highest BCUT2D eigenvalue weighted by Crippen LogP contribution is 2.78. The largest absolute Gasteiger partial charge is 0.481 e. The van der Waals surface area contributed by atoms with Gasteiger partial charge in [-0.3, -0.25) is 14.4 Å². The highest BCUT2D eigenvalue weighted by Gasteiger charge is 2.72. The number of nitrogens with one attached hydrogen (secondary N) is 1. The normalized spacial score (nSPS) is 41.9. The van der Waals surface area contributed by atoms with Gasteiger partial charge in [0.25, 0.3) is 0 Å². The van der Waals surface area contributed by atoms with Crippen LogP contribution in [0.5, 0.6) is 0 Å². The first-order valence-electron chi connectivity index (χ1n) is 23.6. The molecule has 0 radical (unpaired) electrons. The number of fused-ring (bicyclic) bond motifs is 7. The number of carboxylic acid groups (broad SMARTS) is 1. The number of hydrogen-bond donors (Lipinski definition) is 2.